The summed E-state index contributed by atoms with van der Waals surface area (Å²) < 4.78 is 10.6. The van der Waals surface area contributed by atoms with Crippen LogP contribution in [0.4, 0.5) is 11.4 Å². The Labute approximate surface area is 117 Å². The van der Waals surface area contributed by atoms with E-state index in [-0.39, 0.29) is 11.5 Å². The Balaban J connectivity index is 1.82. The van der Waals surface area contributed by atoms with Crippen molar-refractivity contribution in [3.8, 4) is 11.5 Å². The van der Waals surface area contributed by atoms with Gasteiger partial charge >= 0.3 is 6.16 Å². The summed E-state index contributed by atoms with van der Waals surface area (Å²) >= 11 is 3.36. The van der Waals surface area contributed by atoms with Crippen LogP contribution in [0.1, 0.15) is 0 Å². The van der Waals surface area contributed by atoms with Crippen LogP contribution in [-0.4, -0.2) is 16.4 Å². The molecule has 0 spiro atoms. The number of fused-ring (bicyclic) bond motifs is 1. The molecule has 0 atom stereocenters. The Morgan fingerprint density at radius 2 is 1.53 bits per heavy atom. The van der Waals surface area contributed by atoms with E-state index in [9.17, 15) is 10.2 Å². The van der Waals surface area contributed by atoms with Crippen LogP contribution in [0.5, 0.6) is 11.5 Å². The number of ether oxygens (including phenoxy) is 2. The highest BCUT2D eigenvalue weighted by atomic mass is 79.9. The van der Waals surface area contributed by atoms with Crippen molar-refractivity contribution in [3.05, 3.63) is 46.9 Å². The van der Waals surface area contributed by atoms with Gasteiger partial charge in [-0.2, -0.15) is 0 Å². The molecular formula is C13H10BrNO4. The van der Waals surface area contributed by atoms with Crippen molar-refractivity contribution in [1.82, 2.24) is 0 Å². The van der Waals surface area contributed by atoms with Gasteiger partial charge in [0.2, 0.25) is 0 Å². The van der Waals surface area contributed by atoms with Crippen LogP contribution in [-0.2, 0) is 0 Å². The minimum Gasteiger partial charge on any atom is -0.403 e. The van der Waals surface area contributed by atoms with Crippen LogP contribution in [0.15, 0.2) is 46.9 Å². The van der Waals surface area contributed by atoms with Gasteiger partial charge in [0.05, 0.1) is 0 Å². The Hall–Kier alpha value is -1.76. The maximum Gasteiger partial charge on any atom is 0.505 e. The monoisotopic (exact) mass is 323 g/mol. The highest BCUT2D eigenvalue weighted by molar-refractivity contribution is 9.10. The molecule has 98 valence electrons. The molecule has 0 saturated carbocycles. The van der Waals surface area contributed by atoms with Crippen molar-refractivity contribution in [3.63, 3.8) is 0 Å². The predicted molar refractivity (Wildman–Crippen MR) is 72.3 cm³/mol. The molecule has 3 rings (SSSR count). The van der Waals surface area contributed by atoms with Crippen LogP contribution in [0.2, 0.25) is 0 Å². The number of halogens is 1. The number of anilines is 2. The van der Waals surface area contributed by atoms with Crippen LogP contribution in [0, 0.1) is 0 Å². The molecule has 1 aliphatic heterocycles. The first kappa shape index (κ1) is 12.3. The van der Waals surface area contributed by atoms with Crippen molar-refractivity contribution in [1.29, 1.82) is 0 Å². The number of nitrogens with one attached hydrogen (secondary N) is 1. The third-order valence-corrected chi connectivity index (χ3v) is 3.09. The third-order valence-electron chi connectivity index (χ3n) is 2.56. The second kappa shape index (κ2) is 4.41. The summed E-state index contributed by atoms with van der Waals surface area (Å²) in [4.78, 5) is 0. The van der Waals surface area contributed by atoms with Crippen molar-refractivity contribution in [2.75, 3.05) is 5.32 Å². The van der Waals surface area contributed by atoms with Crippen molar-refractivity contribution < 1.29 is 19.7 Å². The Bertz CT molecular complexity index is 613. The van der Waals surface area contributed by atoms with Gasteiger partial charge < -0.3 is 14.8 Å². The smallest absolute Gasteiger partial charge is 0.403 e. The van der Waals surface area contributed by atoms with Crippen LogP contribution in [0.3, 0.4) is 0 Å². The molecule has 1 aliphatic rings. The number of aliphatic hydroxyl groups is 2. The number of hydrogen-bond donors (Lipinski definition) is 3. The zero-order valence-corrected chi connectivity index (χ0v) is 11.2. The molecule has 3 N–H and O–H groups in total. The molecule has 6 heteroatoms. The lowest BCUT2D eigenvalue weighted by Crippen LogP contribution is -2.37. The maximum absolute atomic E-state index is 9.21. The van der Waals surface area contributed by atoms with E-state index in [2.05, 4.69) is 21.2 Å². The van der Waals surface area contributed by atoms with Gasteiger partial charge in [0.15, 0.2) is 11.5 Å². The van der Waals surface area contributed by atoms with E-state index < -0.39 is 6.16 Å². The van der Waals surface area contributed by atoms with Gasteiger partial charge in [-0.05, 0) is 36.4 Å². The lowest BCUT2D eigenvalue weighted by Gasteiger charge is -2.10. The SMILES string of the molecule is OC1(O)Oc2ccc(Nc3ccc(Br)cc3)cc2O1. The predicted octanol–water partition coefficient (Wildman–Crippen LogP) is 2.56. The molecule has 0 unspecified atom stereocenters. The number of hydrogen-bond acceptors (Lipinski definition) is 5. The average Bonchev–Trinajstić information content (AvgIpc) is 2.65. The largest absolute Gasteiger partial charge is 0.505 e. The minimum absolute atomic E-state index is 0.270. The van der Waals surface area contributed by atoms with Gasteiger partial charge in [-0.25, -0.2) is 0 Å². The van der Waals surface area contributed by atoms with E-state index >= 15 is 0 Å². The molecule has 0 fully saturated rings. The highest BCUT2D eigenvalue weighted by Gasteiger charge is 2.38. The summed E-state index contributed by atoms with van der Waals surface area (Å²) in [6, 6.07) is 12.7. The fraction of sp³-hybridized carbons (Fsp3) is 0.0769. The van der Waals surface area contributed by atoms with E-state index in [1.54, 1.807) is 18.2 Å². The van der Waals surface area contributed by atoms with Gasteiger partial charge in [-0.3, -0.25) is 10.2 Å². The third kappa shape index (κ3) is 2.65. The first-order valence-electron chi connectivity index (χ1n) is 5.51. The molecule has 2 aromatic rings. The minimum atomic E-state index is -2.58. The van der Waals surface area contributed by atoms with Gasteiger partial charge in [0.25, 0.3) is 0 Å². The number of benzene rings is 2. The summed E-state index contributed by atoms with van der Waals surface area (Å²) in [5.74, 6) is 0.554. The first-order chi connectivity index (χ1) is 9.02. The fourth-order valence-electron chi connectivity index (χ4n) is 1.76. The average molecular weight is 324 g/mol. The van der Waals surface area contributed by atoms with E-state index in [1.165, 1.54) is 0 Å². The first-order valence-corrected chi connectivity index (χ1v) is 6.31. The van der Waals surface area contributed by atoms with E-state index in [4.69, 9.17) is 9.47 Å². The van der Waals surface area contributed by atoms with Crippen molar-refractivity contribution >= 4 is 27.3 Å². The molecule has 19 heavy (non-hydrogen) atoms. The maximum atomic E-state index is 9.21. The Kier molecular flexibility index (Phi) is 2.85. The Morgan fingerprint density at radius 1 is 0.895 bits per heavy atom. The van der Waals surface area contributed by atoms with Crippen molar-refractivity contribution in [2.45, 2.75) is 6.16 Å². The molecule has 1 heterocycles. The molecule has 0 radical (unpaired) electrons. The van der Waals surface area contributed by atoms with E-state index in [0.29, 0.717) is 0 Å². The van der Waals surface area contributed by atoms with Crippen LogP contribution < -0.4 is 14.8 Å². The summed E-state index contributed by atoms with van der Waals surface area (Å²) in [6.45, 7) is 0. The van der Waals surface area contributed by atoms with Crippen LogP contribution in [0.25, 0.3) is 0 Å². The fourth-order valence-corrected chi connectivity index (χ4v) is 2.02. The van der Waals surface area contributed by atoms with Crippen LogP contribution >= 0.6 is 15.9 Å². The molecular weight excluding hydrogens is 314 g/mol. The zero-order chi connectivity index (χ0) is 13.5. The summed E-state index contributed by atoms with van der Waals surface area (Å²) in [5.41, 5.74) is 1.66. The summed E-state index contributed by atoms with van der Waals surface area (Å²) in [7, 11) is 0. The molecule has 5 nitrogen and oxygen atoms in total. The van der Waals surface area contributed by atoms with Gasteiger partial charge in [-0.1, -0.05) is 15.9 Å². The lowest BCUT2D eigenvalue weighted by atomic mass is 10.2. The molecule has 0 bridgehead atoms. The zero-order valence-electron chi connectivity index (χ0n) is 9.63. The lowest BCUT2D eigenvalue weighted by molar-refractivity contribution is -0.385. The molecule has 2 aromatic carbocycles. The van der Waals surface area contributed by atoms with Gasteiger partial charge in [-0.15, -0.1) is 0 Å². The Morgan fingerprint density at radius 3 is 2.26 bits per heavy atom. The van der Waals surface area contributed by atoms with Crippen molar-refractivity contribution in [2.24, 2.45) is 0 Å². The topological polar surface area (TPSA) is 71.0 Å². The normalized spacial score (nSPS) is 15.3. The number of rotatable bonds is 2. The molecule has 0 aromatic heterocycles. The molecule has 0 amide bonds. The van der Waals surface area contributed by atoms with E-state index in [1.807, 2.05) is 24.3 Å². The highest BCUT2D eigenvalue weighted by Crippen LogP contribution is 2.39. The quantitative estimate of drug-likeness (QED) is 0.741. The van der Waals surface area contributed by atoms with Gasteiger partial charge in [0, 0.05) is 21.9 Å². The summed E-state index contributed by atoms with van der Waals surface area (Å²) in [6.07, 6.45) is -2.58. The van der Waals surface area contributed by atoms with Gasteiger partial charge in [0.1, 0.15) is 0 Å². The molecule has 0 saturated heterocycles. The van der Waals surface area contributed by atoms with E-state index in [0.717, 1.165) is 15.8 Å². The summed E-state index contributed by atoms with van der Waals surface area (Å²) in [5, 5.41) is 21.6. The second-order valence-electron chi connectivity index (χ2n) is 4.05. The molecule has 0 aliphatic carbocycles. The standard InChI is InChI=1S/C13H10BrNO4/c14-8-1-3-9(4-2-8)15-10-5-6-11-12(7-10)19-13(16,17)18-11/h1-7,15-17H. The second-order valence-corrected chi connectivity index (χ2v) is 4.96.